The highest BCUT2D eigenvalue weighted by Crippen LogP contribution is 2.29. The van der Waals surface area contributed by atoms with Gasteiger partial charge in [0.2, 0.25) is 5.82 Å². The minimum atomic E-state index is 0.587. The van der Waals surface area contributed by atoms with Crippen molar-refractivity contribution in [2.45, 2.75) is 6.42 Å². The Balaban J connectivity index is 1.44. The van der Waals surface area contributed by atoms with Crippen LogP contribution in [-0.2, 0) is 6.42 Å². The van der Waals surface area contributed by atoms with Crippen LogP contribution in [0, 0.1) is 0 Å². The molecule has 130 valence electrons. The van der Waals surface area contributed by atoms with Crippen LogP contribution in [0.1, 0.15) is 11.4 Å². The summed E-state index contributed by atoms with van der Waals surface area (Å²) in [4.78, 5) is 12.1. The molecule has 0 radical (unpaired) electrons. The van der Waals surface area contributed by atoms with Crippen molar-refractivity contribution in [3.63, 3.8) is 0 Å². The van der Waals surface area contributed by atoms with Crippen LogP contribution in [0.25, 0.3) is 33.7 Å². The van der Waals surface area contributed by atoms with Crippen LogP contribution >= 0.6 is 0 Å². The number of imidazole rings is 1. The molecule has 3 aromatic heterocycles. The topological polar surface area (TPSA) is 96.0 Å². The van der Waals surface area contributed by atoms with Crippen molar-refractivity contribution < 1.29 is 0 Å². The molecule has 0 saturated heterocycles. The molecule has 0 atom stereocenters. The lowest BCUT2D eigenvalue weighted by Crippen LogP contribution is -1.92. The zero-order valence-electron chi connectivity index (χ0n) is 14.3. The average molecular weight is 353 g/mol. The fourth-order valence-corrected chi connectivity index (χ4v) is 3.18. The number of fused-ring (bicyclic) bond motifs is 1. The summed E-state index contributed by atoms with van der Waals surface area (Å²) in [6.45, 7) is 0. The molecule has 2 N–H and O–H groups in total. The Labute approximate surface area is 154 Å². The predicted molar refractivity (Wildman–Crippen MR) is 102 cm³/mol. The molecule has 7 heteroatoms. The molecular formula is C20H15N7. The van der Waals surface area contributed by atoms with E-state index in [-0.39, 0.29) is 0 Å². The number of pyridine rings is 1. The van der Waals surface area contributed by atoms with Crippen LogP contribution in [0.2, 0.25) is 0 Å². The quantitative estimate of drug-likeness (QED) is 0.516. The molecule has 0 aliphatic rings. The second kappa shape index (κ2) is 6.45. The fraction of sp³-hybridized carbons (Fsp3) is 0.0500. The summed E-state index contributed by atoms with van der Waals surface area (Å²) in [5.41, 5.74) is 6.00. The molecule has 0 bridgehead atoms. The third-order valence-electron chi connectivity index (χ3n) is 4.46. The van der Waals surface area contributed by atoms with Gasteiger partial charge in [0.1, 0.15) is 5.82 Å². The van der Waals surface area contributed by atoms with Crippen molar-refractivity contribution in [2.75, 3.05) is 0 Å². The van der Waals surface area contributed by atoms with Crippen LogP contribution in [0.15, 0.2) is 66.9 Å². The Hall–Kier alpha value is -3.87. The van der Waals surface area contributed by atoms with E-state index < -0.39 is 0 Å². The molecule has 0 unspecified atom stereocenters. The van der Waals surface area contributed by atoms with Gasteiger partial charge in [-0.2, -0.15) is 5.21 Å². The van der Waals surface area contributed by atoms with Crippen molar-refractivity contribution >= 4 is 11.2 Å². The number of hydrogen-bond donors (Lipinski definition) is 2. The Morgan fingerprint density at radius 2 is 1.70 bits per heavy atom. The molecule has 0 spiro atoms. The summed E-state index contributed by atoms with van der Waals surface area (Å²) in [6.07, 6.45) is 2.48. The highest BCUT2D eigenvalue weighted by molar-refractivity contribution is 5.80. The highest BCUT2D eigenvalue weighted by Gasteiger charge is 2.11. The molecule has 5 rings (SSSR count). The van der Waals surface area contributed by atoms with E-state index in [1.807, 2.05) is 30.3 Å². The van der Waals surface area contributed by atoms with E-state index in [0.29, 0.717) is 5.82 Å². The van der Waals surface area contributed by atoms with Crippen LogP contribution in [0.4, 0.5) is 0 Å². The van der Waals surface area contributed by atoms with Gasteiger partial charge in [0.25, 0.3) is 0 Å². The zero-order chi connectivity index (χ0) is 18.1. The minimum Gasteiger partial charge on any atom is -0.340 e. The number of nitrogens with one attached hydrogen (secondary N) is 2. The highest BCUT2D eigenvalue weighted by atomic mass is 15.5. The standard InChI is InChI=1S/C20H15N7/c1-2-5-16(19-24-26-27-25-19)15(4-1)14-9-7-13(8-10-14)12-18-22-17-6-3-11-21-20(17)23-18/h1-11H,12H2,(H,21,22,23)(H,24,25,26,27). The van der Waals surface area contributed by atoms with E-state index in [2.05, 4.69) is 65.9 Å². The summed E-state index contributed by atoms with van der Waals surface area (Å²) in [5.74, 6) is 1.49. The first-order valence-electron chi connectivity index (χ1n) is 8.58. The molecule has 0 fully saturated rings. The summed E-state index contributed by atoms with van der Waals surface area (Å²) in [7, 11) is 0. The Morgan fingerprint density at radius 1 is 0.852 bits per heavy atom. The maximum atomic E-state index is 4.54. The second-order valence-electron chi connectivity index (χ2n) is 6.21. The van der Waals surface area contributed by atoms with Gasteiger partial charge in [-0.3, -0.25) is 0 Å². The molecule has 27 heavy (non-hydrogen) atoms. The smallest absolute Gasteiger partial charge is 0.205 e. The first-order valence-corrected chi connectivity index (χ1v) is 8.58. The fourth-order valence-electron chi connectivity index (χ4n) is 3.18. The maximum Gasteiger partial charge on any atom is 0.205 e. The molecule has 7 nitrogen and oxygen atoms in total. The van der Waals surface area contributed by atoms with Crippen LogP contribution in [-0.4, -0.2) is 35.6 Å². The van der Waals surface area contributed by atoms with Crippen LogP contribution in [0.5, 0.6) is 0 Å². The number of H-pyrrole nitrogens is 2. The van der Waals surface area contributed by atoms with Gasteiger partial charge in [-0.1, -0.05) is 48.5 Å². The van der Waals surface area contributed by atoms with Gasteiger partial charge in [0, 0.05) is 18.2 Å². The number of benzene rings is 2. The van der Waals surface area contributed by atoms with Gasteiger partial charge < -0.3 is 4.98 Å². The van der Waals surface area contributed by atoms with E-state index >= 15 is 0 Å². The van der Waals surface area contributed by atoms with E-state index in [9.17, 15) is 0 Å². The maximum absolute atomic E-state index is 4.54. The SMILES string of the molecule is c1ccc(-c2nn[nH]n2)c(-c2ccc(Cc3nc4ncccc4[nH]3)cc2)c1. The lowest BCUT2D eigenvalue weighted by atomic mass is 9.98. The molecule has 5 aromatic rings. The van der Waals surface area contributed by atoms with Gasteiger partial charge >= 0.3 is 0 Å². The molecule has 0 aliphatic carbocycles. The lowest BCUT2D eigenvalue weighted by molar-refractivity contribution is 0.881. The lowest BCUT2D eigenvalue weighted by Gasteiger charge is -2.07. The van der Waals surface area contributed by atoms with Gasteiger partial charge in [-0.15, -0.1) is 10.2 Å². The normalized spacial score (nSPS) is 11.1. The van der Waals surface area contributed by atoms with E-state index in [0.717, 1.165) is 40.1 Å². The average Bonchev–Trinajstić information content (AvgIpc) is 3.38. The minimum absolute atomic E-state index is 0.587. The van der Waals surface area contributed by atoms with Crippen molar-refractivity contribution in [2.24, 2.45) is 0 Å². The first-order chi connectivity index (χ1) is 13.4. The Morgan fingerprint density at radius 3 is 2.48 bits per heavy atom. The third-order valence-corrected chi connectivity index (χ3v) is 4.46. The summed E-state index contributed by atoms with van der Waals surface area (Å²) >= 11 is 0. The number of hydrogen-bond acceptors (Lipinski definition) is 5. The third kappa shape index (κ3) is 2.95. The second-order valence-corrected chi connectivity index (χ2v) is 6.21. The van der Waals surface area contributed by atoms with Crippen molar-refractivity contribution in [3.05, 3.63) is 78.2 Å². The van der Waals surface area contributed by atoms with Gasteiger partial charge in [0.15, 0.2) is 5.65 Å². The monoisotopic (exact) mass is 353 g/mol. The van der Waals surface area contributed by atoms with E-state index in [1.54, 1.807) is 6.20 Å². The van der Waals surface area contributed by atoms with Crippen LogP contribution < -0.4 is 0 Å². The molecule has 0 amide bonds. The van der Waals surface area contributed by atoms with Gasteiger partial charge in [0.05, 0.1) is 5.52 Å². The Bertz CT molecular complexity index is 1160. The number of tetrazole rings is 1. The molecule has 0 aliphatic heterocycles. The van der Waals surface area contributed by atoms with E-state index in [4.69, 9.17) is 0 Å². The Kier molecular flexibility index (Phi) is 3.68. The van der Waals surface area contributed by atoms with Crippen molar-refractivity contribution in [3.8, 4) is 22.5 Å². The number of aromatic nitrogens is 7. The number of aromatic amines is 2. The summed E-state index contributed by atoms with van der Waals surface area (Å²) in [6, 6.07) is 20.4. The first kappa shape index (κ1) is 15.4. The van der Waals surface area contributed by atoms with Gasteiger partial charge in [-0.05, 0) is 34.0 Å². The number of nitrogens with zero attached hydrogens (tertiary/aromatic N) is 5. The largest absolute Gasteiger partial charge is 0.340 e. The van der Waals surface area contributed by atoms with Gasteiger partial charge in [-0.25, -0.2) is 9.97 Å². The molecule has 3 heterocycles. The van der Waals surface area contributed by atoms with Crippen molar-refractivity contribution in [1.82, 2.24) is 35.6 Å². The summed E-state index contributed by atoms with van der Waals surface area (Å²) in [5, 5.41) is 14.4. The van der Waals surface area contributed by atoms with Crippen LogP contribution in [0.3, 0.4) is 0 Å². The predicted octanol–water partition coefficient (Wildman–Crippen LogP) is 3.40. The molecular weight excluding hydrogens is 338 g/mol. The molecule has 2 aromatic carbocycles. The van der Waals surface area contributed by atoms with E-state index in [1.165, 1.54) is 5.56 Å². The van der Waals surface area contributed by atoms with Crippen molar-refractivity contribution in [1.29, 1.82) is 0 Å². The summed E-state index contributed by atoms with van der Waals surface area (Å²) < 4.78 is 0. The zero-order valence-corrected chi connectivity index (χ0v) is 14.3. The molecule has 0 saturated carbocycles. The number of rotatable bonds is 4.